The van der Waals surface area contributed by atoms with Crippen molar-refractivity contribution >= 4 is 11.7 Å². The van der Waals surface area contributed by atoms with Crippen molar-refractivity contribution in [2.45, 2.75) is 38.1 Å². The fourth-order valence-electron chi connectivity index (χ4n) is 3.37. The molecule has 2 saturated heterocycles. The zero-order valence-corrected chi connectivity index (χ0v) is 12.8. The van der Waals surface area contributed by atoms with Crippen molar-refractivity contribution in [2.75, 3.05) is 31.5 Å². The van der Waals surface area contributed by atoms with Gasteiger partial charge in [0.15, 0.2) is 0 Å². The molecule has 2 fully saturated rings. The molecule has 1 aromatic rings. The van der Waals surface area contributed by atoms with Gasteiger partial charge in [0, 0.05) is 19.1 Å². The number of rotatable bonds is 3. The van der Waals surface area contributed by atoms with Crippen LogP contribution in [0.15, 0.2) is 18.3 Å². The highest BCUT2D eigenvalue weighted by atomic mass is 19.1. The minimum atomic E-state index is -0.539. The fourth-order valence-corrected chi connectivity index (χ4v) is 3.37. The Hall–Kier alpha value is -1.69. The van der Waals surface area contributed by atoms with Crippen molar-refractivity contribution in [3.05, 3.63) is 24.3 Å². The lowest BCUT2D eigenvalue weighted by Crippen LogP contribution is -2.50. The molecule has 1 aromatic heterocycles. The molecule has 0 aromatic carbocycles. The average molecular weight is 306 g/mol. The molecule has 0 bridgehead atoms. The summed E-state index contributed by atoms with van der Waals surface area (Å²) in [5.41, 5.74) is 0.539. The number of piperidine rings is 1. The number of aromatic nitrogens is 1. The van der Waals surface area contributed by atoms with Crippen molar-refractivity contribution in [2.24, 2.45) is 0 Å². The first-order chi connectivity index (χ1) is 10.7. The van der Waals surface area contributed by atoms with Crippen LogP contribution in [0.25, 0.3) is 0 Å². The zero-order chi connectivity index (χ0) is 15.4. The smallest absolute Gasteiger partial charge is 0.320 e. The molecule has 6 heteroatoms. The van der Waals surface area contributed by atoms with E-state index in [1.165, 1.54) is 31.5 Å². The minimum Gasteiger partial charge on any atom is -0.320 e. The van der Waals surface area contributed by atoms with E-state index in [-0.39, 0.29) is 12.1 Å². The van der Waals surface area contributed by atoms with Crippen molar-refractivity contribution in [3.8, 4) is 0 Å². The molecule has 22 heavy (non-hydrogen) atoms. The number of hydrogen-bond donors (Lipinski definition) is 1. The highest BCUT2D eigenvalue weighted by molar-refractivity contribution is 5.89. The van der Waals surface area contributed by atoms with Crippen LogP contribution in [0.4, 0.5) is 14.9 Å². The predicted molar refractivity (Wildman–Crippen MR) is 83.2 cm³/mol. The maximum absolute atomic E-state index is 12.8. The third-order valence-electron chi connectivity index (χ3n) is 4.53. The Morgan fingerprint density at radius 1 is 1.23 bits per heavy atom. The quantitative estimate of drug-likeness (QED) is 0.874. The normalized spacial score (nSPS) is 22.8. The first-order valence-electron chi connectivity index (χ1n) is 8.14. The highest BCUT2D eigenvalue weighted by Crippen LogP contribution is 2.21. The fraction of sp³-hybridized carbons (Fsp3) is 0.625. The molecule has 0 saturated carbocycles. The van der Waals surface area contributed by atoms with Crippen LogP contribution >= 0.6 is 0 Å². The predicted octanol–water partition coefficient (Wildman–Crippen LogP) is 2.70. The summed E-state index contributed by atoms with van der Waals surface area (Å²) in [6.45, 7) is 4.05. The van der Waals surface area contributed by atoms with Crippen LogP contribution in [0.1, 0.15) is 32.1 Å². The molecular formula is C16H23FN4O. The minimum absolute atomic E-state index is 0.0997. The number of anilines is 1. The van der Waals surface area contributed by atoms with Gasteiger partial charge in [-0.05, 0) is 57.3 Å². The number of hydrogen-bond acceptors (Lipinski definition) is 3. The van der Waals surface area contributed by atoms with E-state index < -0.39 is 5.95 Å². The molecule has 0 aliphatic carbocycles. The Bertz CT molecular complexity index is 501. The third kappa shape index (κ3) is 3.74. The van der Waals surface area contributed by atoms with Crippen molar-refractivity contribution in [1.82, 2.24) is 14.8 Å². The molecule has 0 spiro atoms. The Morgan fingerprint density at radius 3 is 2.73 bits per heavy atom. The lowest BCUT2D eigenvalue weighted by molar-refractivity contribution is 0.136. The topological polar surface area (TPSA) is 48.5 Å². The molecule has 1 N–H and O–H groups in total. The van der Waals surface area contributed by atoms with Gasteiger partial charge in [-0.2, -0.15) is 4.39 Å². The van der Waals surface area contributed by atoms with E-state index >= 15 is 0 Å². The summed E-state index contributed by atoms with van der Waals surface area (Å²) in [7, 11) is 0. The first kappa shape index (κ1) is 15.2. The van der Waals surface area contributed by atoms with E-state index in [1.54, 1.807) is 6.07 Å². The second kappa shape index (κ2) is 7.05. The summed E-state index contributed by atoms with van der Waals surface area (Å²) in [4.78, 5) is 20.5. The van der Waals surface area contributed by atoms with Crippen LogP contribution in [0, 0.1) is 5.95 Å². The van der Waals surface area contributed by atoms with Crippen LogP contribution in [0.2, 0.25) is 0 Å². The van der Waals surface area contributed by atoms with Gasteiger partial charge in [-0.25, -0.2) is 9.78 Å². The number of carbonyl (C=O) groups excluding carboxylic acids is 1. The lowest BCUT2D eigenvalue weighted by Gasteiger charge is -2.37. The van der Waals surface area contributed by atoms with Crippen LogP contribution < -0.4 is 5.32 Å². The van der Waals surface area contributed by atoms with Crippen LogP contribution in [-0.2, 0) is 0 Å². The Kier molecular flexibility index (Phi) is 4.87. The second-order valence-corrected chi connectivity index (χ2v) is 6.15. The van der Waals surface area contributed by atoms with Crippen LogP contribution in [-0.4, -0.2) is 53.0 Å². The molecule has 2 amide bonds. The van der Waals surface area contributed by atoms with Gasteiger partial charge in [0.1, 0.15) is 0 Å². The summed E-state index contributed by atoms with van der Waals surface area (Å²) in [5.74, 6) is -0.539. The third-order valence-corrected chi connectivity index (χ3v) is 4.53. The van der Waals surface area contributed by atoms with Crippen molar-refractivity contribution in [3.63, 3.8) is 0 Å². The summed E-state index contributed by atoms with van der Waals surface area (Å²) >= 11 is 0. The van der Waals surface area contributed by atoms with E-state index in [4.69, 9.17) is 0 Å². The number of urea groups is 1. The maximum atomic E-state index is 12.8. The van der Waals surface area contributed by atoms with E-state index in [1.807, 2.05) is 4.90 Å². The molecule has 120 valence electrons. The zero-order valence-electron chi connectivity index (χ0n) is 12.8. The van der Waals surface area contributed by atoms with Gasteiger partial charge in [0.2, 0.25) is 5.95 Å². The monoisotopic (exact) mass is 306 g/mol. The summed E-state index contributed by atoms with van der Waals surface area (Å²) < 4.78 is 12.8. The van der Waals surface area contributed by atoms with E-state index in [0.717, 1.165) is 39.0 Å². The molecule has 0 radical (unpaired) electrons. The Balaban J connectivity index is 1.61. The summed E-state index contributed by atoms with van der Waals surface area (Å²) in [6.07, 6.45) is 7.17. The van der Waals surface area contributed by atoms with Crippen LogP contribution in [0.5, 0.6) is 0 Å². The Labute approximate surface area is 130 Å². The van der Waals surface area contributed by atoms with E-state index in [2.05, 4.69) is 15.2 Å². The van der Waals surface area contributed by atoms with Gasteiger partial charge >= 0.3 is 6.03 Å². The SMILES string of the molecule is O=C(Nc1ccc(F)nc1)N1CCCC[C@H]1CN1CCCC1. The van der Waals surface area contributed by atoms with Crippen LogP contribution in [0.3, 0.4) is 0 Å². The summed E-state index contributed by atoms with van der Waals surface area (Å²) in [6, 6.07) is 2.98. The molecule has 3 heterocycles. The molecule has 5 nitrogen and oxygen atoms in total. The van der Waals surface area contributed by atoms with Gasteiger partial charge in [-0.1, -0.05) is 0 Å². The number of pyridine rings is 1. The van der Waals surface area contributed by atoms with Gasteiger partial charge in [0.25, 0.3) is 0 Å². The maximum Gasteiger partial charge on any atom is 0.322 e. The average Bonchev–Trinajstić information content (AvgIpc) is 3.03. The number of halogens is 1. The van der Waals surface area contributed by atoms with Gasteiger partial charge in [0.05, 0.1) is 11.9 Å². The highest BCUT2D eigenvalue weighted by Gasteiger charge is 2.29. The number of carbonyl (C=O) groups is 1. The standard InChI is InChI=1S/C16H23FN4O/c17-15-7-6-13(11-18-15)19-16(22)21-10-2-1-5-14(21)12-20-8-3-4-9-20/h6-7,11,14H,1-5,8-10,12H2,(H,19,22)/t14-/m0/s1. The molecule has 2 aliphatic rings. The van der Waals surface area contributed by atoms with Crippen molar-refractivity contribution in [1.29, 1.82) is 0 Å². The molecule has 1 atom stereocenters. The van der Waals surface area contributed by atoms with E-state index in [0.29, 0.717) is 5.69 Å². The number of nitrogens with one attached hydrogen (secondary N) is 1. The Morgan fingerprint density at radius 2 is 2.00 bits per heavy atom. The summed E-state index contributed by atoms with van der Waals surface area (Å²) in [5, 5.41) is 2.83. The first-order valence-corrected chi connectivity index (χ1v) is 8.14. The number of nitrogens with zero attached hydrogens (tertiary/aromatic N) is 3. The number of likely N-dealkylation sites (tertiary alicyclic amines) is 2. The van der Waals surface area contributed by atoms with Gasteiger partial charge in [-0.15, -0.1) is 0 Å². The van der Waals surface area contributed by atoms with Gasteiger partial charge in [-0.3, -0.25) is 0 Å². The van der Waals surface area contributed by atoms with E-state index in [9.17, 15) is 9.18 Å². The van der Waals surface area contributed by atoms with Crippen molar-refractivity contribution < 1.29 is 9.18 Å². The second-order valence-electron chi connectivity index (χ2n) is 6.15. The molecular weight excluding hydrogens is 283 g/mol. The van der Waals surface area contributed by atoms with Gasteiger partial charge < -0.3 is 15.1 Å². The largest absolute Gasteiger partial charge is 0.322 e. The molecule has 2 aliphatic heterocycles. The molecule has 0 unspecified atom stereocenters. The number of amides is 2. The molecule has 3 rings (SSSR count). The lowest BCUT2D eigenvalue weighted by atomic mass is 10.0.